The Labute approximate surface area is 127 Å². The van der Waals surface area contributed by atoms with E-state index < -0.39 is 0 Å². The Balaban J connectivity index is 2.47. The summed E-state index contributed by atoms with van der Waals surface area (Å²) in [5, 5.41) is 4.11. The van der Waals surface area contributed by atoms with Crippen molar-refractivity contribution < 1.29 is 9.47 Å². The van der Waals surface area contributed by atoms with Crippen molar-refractivity contribution in [3.8, 4) is 5.75 Å². The van der Waals surface area contributed by atoms with Gasteiger partial charge >= 0.3 is 0 Å². The Morgan fingerprint density at radius 3 is 2.55 bits per heavy atom. The molecule has 0 aliphatic carbocycles. The lowest BCUT2D eigenvalue weighted by atomic mass is 10.2. The Morgan fingerprint density at radius 2 is 1.90 bits per heavy atom. The summed E-state index contributed by atoms with van der Waals surface area (Å²) in [7, 11) is 0. The highest BCUT2D eigenvalue weighted by Gasteiger charge is 2.06. The molecule has 0 saturated carbocycles. The molecule has 0 unspecified atom stereocenters. The van der Waals surface area contributed by atoms with Crippen molar-refractivity contribution in [2.45, 2.75) is 40.3 Å². The second-order valence-electron chi connectivity index (χ2n) is 5.60. The fourth-order valence-corrected chi connectivity index (χ4v) is 1.87. The third kappa shape index (κ3) is 7.13. The van der Waals surface area contributed by atoms with Gasteiger partial charge in [0.15, 0.2) is 0 Å². The molecule has 4 heteroatoms. The van der Waals surface area contributed by atoms with Crippen LogP contribution in [0.2, 0.25) is 5.02 Å². The molecule has 20 heavy (non-hydrogen) atoms. The Hall–Kier alpha value is -0.770. The molecule has 0 aromatic heterocycles. The maximum absolute atomic E-state index is 6.04. The van der Waals surface area contributed by atoms with Crippen LogP contribution < -0.4 is 10.1 Å². The van der Waals surface area contributed by atoms with Gasteiger partial charge in [-0.1, -0.05) is 39.3 Å². The zero-order chi connectivity index (χ0) is 15.0. The van der Waals surface area contributed by atoms with Crippen LogP contribution in [-0.2, 0) is 11.3 Å². The summed E-state index contributed by atoms with van der Waals surface area (Å²) in [5.41, 5.74) is 1.08. The molecule has 1 aromatic rings. The molecular weight excluding hydrogens is 274 g/mol. The van der Waals surface area contributed by atoms with Gasteiger partial charge in [0.2, 0.25) is 0 Å². The van der Waals surface area contributed by atoms with E-state index in [1.807, 2.05) is 18.2 Å². The molecule has 0 aliphatic rings. The van der Waals surface area contributed by atoms with Crippen LogP contribution in [0.3, 0.4) is 0 Å². The van der Waals surface area contributed by atoms with Gasteiger partial charge in [-0.2, -0.15) is 0 Å². The van der Waals surface area contributed by atoms with E-state index in [9.17, 15) is 0 Å². The lowest BCUT2D eigenvalue weighted by molar-refractivity contribution is 0.0816. The zero-order valence-corrected chi connectivity index (χ0v) is 13.7. The van der Waals surface area contributed by atoms with Crippen LogP contribution in [0.5, 0.6) is 5.75 Å². The molecule has 114 valence electrons. The highest BCUT2D eigenvalue weighted by molar-refractivity contribution is 6.30. The van der Waals surface area contributed by atoms with Gasteiger partial charge in [-0.05, 0) is 24.1 Å². The van der Waals surface area contributed by atoms with E-state index in [1.165, 1.54) is 0 Å². The van der Waals surface area contributed by atoms with E-state index in [4.69, 9.17) is 21.1 Å². The molecule has 1 aromatic carbocycles. The lowest BCUT2D eigenvalue weighted by Crippen LogP contribution is -2.22. The molecule has 0 heterocycles. The first kappa shape index (κ1) is 17.3. The summed E-state index contributed by atoms with van der Waals surface area (Å²) < 4.78 is 11.3. The van der Waals surface area contributed by atoms with Gasteiger partial charge in [0, 0.05) is 29.8 Å². The van der Waals surface area contributed by atoms with Gasteiger partial charge in [0.05, 0.1) is 6.61 Å². The Bertz CT molecular complexity index is 394. The summed E-state index contributed by atoms with van der Waals surface area (Å²) in [4.78, 5) is 0. The van der Waals surface area contributed by atoms with Gasteiger partial charge in [0.1, 0.15) is 12.4 Å². The second kappa shape index (κ2) is 9.22. The summed E-state index contributed by atoms with van der Waals surface area (Å²) in [6.45, 7) is 11.2. The normalized spacial score (nSPS) is 11.3. The first-order valence-electron chi connectivity index (χ1n) is 7.21. The van der Waals surface area contributed by atoms with E-state index in [0.717, 1.165) is 29.5 Å². The van der Waals surface area contributed by atoms with Crippen LogP contribution in [0.1, 0.15) is 33.3 Å². The first-order chi connectivity index (χ1) is 9.49. The van der Waals surface area contributed by atoms with Crippen LogP contribution in [0.15, 0.2) is 18.2 Å². The molecule has 0 aliphatic heterocycles. The van der Waals surface area contributed by atoms with Crippen LogP contribution >= 0.6 is 11.6 Å². The van der Waals surface area contributed by atoms with Crippen molar-refractivity contribution >= 4 is 11.6 Å². The van der Waals surface area contributed by atoms with Crippen molar-refractivity contribution in [1.29, 1.82) is 0 Å². The molecule has 0 bridgehead atoms. The topological polar surface area (TPSA) is 30.5 Å². The number of halogens is 1. The van der Waals surface area contributed by atoms with E-state index >= 15 is 0 Å². The van der Waals surface area contributed by atoms with Crippen molar-refractivity contribution in [3.05, 3.63) is 28.8 Å². The van der Waals surface area contributed by atoms with Crippen molar-refractivity contribution in [3.63, 3.8) is 0 Å². The van der Waals surface area contributed by atoms with Crippen molar-refractivity contribution in [2.24, 2.45) is 5.92 Å². The second-order valence-corrected chi connectivity index (χ2v) is 6.04. The van der Waals surface area contributed by atoms with Crippen molar-refractivity contribution in [2.75, 3.05) is 19.8 Å². The van der Waals surface area contributed by atoms with E-state index in [-0.39, 0.29) is 0 Å². The van der Waals surface area contributed by atoms with E-state index in [2.05, 4.69) is 33.0 Å². The third-order valence-corrected chi connectivity index (χ3v) is 2.89. The summed E-state index contributed by atoms with van der Waals surface area (Å²) in [5.74, 6) is 1.42. The van der Waals surface area contributed by atoms with Gasteiger partial charge in [-0.15, -0.1) is 0 Å². The molecular formula is C16H26ClNO2. The van der Waals surface area contributed by atoms with Gasteiger partial charge < -0.3 is 14.8 Å². The fraction of sp³-hybridized carbons (Fsp3) is 0.625. The lowest BCUT2D eigenvalue weighted by Gasteiger charge is -2.14. The molecule has 1 N–H and O–H groups in total. The molecule has 0 amide bonds. The average molecular weight is 300 g/mol. The summed E-state index contributed by atoms with van der Waals surface area (Å²) >= 11 is 6.04. The minimum Gasteiger partial charge on any atom is -0.491 e. The number of hydrogen-bond donors (Lipinski definition) is 1. The highest BCUT2D eigenvalue weighted by atomic mass is 35.5. The third-order valence-electron chi connectivity index (χ3n) is 2.66. The summed E-state index contributed by atoms with van der Waals surface area (Å²) in [6.07, 6.45) is 0. The van der Waals surface area contributed by atoms with E-state index in [0.29, 0.717) is 25.2 Å². The Kier molecular flexibility index (Phi) is 7.97. The molecule has 0 saturated heterocycles. The van der Waals surface area contributed by atoms with Gasteiger partial charge in [-0.25, -0.2) is 0 Å². The first-order valence-corrected chi connectivity index (χ1v) is 7.59. The molecule has 0 atom stereocenters. The predicted molar refractivity (Wildman–Crippen MR) is 84.6 cm³/mol. The smallest absolute Gasteiger partial charge is 0.124 e. The zero-order valence-electron chi connectivity index (χ0n) is 12.9. The molecule has 0 fully saturated rings. The fourth-order valence-electron chi connectivity index (χ4n) is 1.67. The summed E-state index contributed by atoms with van der Waals surface area (Å²) in [6, 6.07) is 6.14. The minimum absolute atomic E-state index is 0.427. The van der Waals surface area contributed by atoms with Crippen LogP contribution in [0.4, 0.5) is 0 Å². The molecule has 0 spiro atoms. The molecule has 1 rings (SSSR count). The highest BCUT2D eigenvalue weighted by Crippen LogP contribution is 2.23. The number of rotatable bonds is 9. The minimum atomic E-state index is 0.427. The van der Waals surface area contributed by atoms with Crippen LogP contribution in [0.25, 0.3) is 0 Å². The van der Waals surface area contributed by atoms with Crippen LogP contribution in [-0.4, -0.2) is 25.9 Å². The number of ether oxygens (including phenoxy) is 2. The monoisotopic (exact) mass is 299 g/mol. The number of hydrogen-bond acceptors (Lipinski definition) is 3. The Morgan fingerprint density at radius 1 is 1.15 bits per heavy atom. The molecule has 3 nitrogen and oxygen atoms in total. The van der Waals surface area contributed by atoms with Crippen LogP contribution in [0, 0.1) is 5.92 Å². The maximum atomic E-state index is 6.04. The number of nitrogens with one attached hydrogen (secondary N) is 1. The van der Waals surface area contributed by atoms with E-state index in [1.54, 1.807) is 0 Å². The predicted octanol–water partition coefficient (Wildman–Crippen LogP) is 3.89. The maximum Gasteiger partial charge on any atom is 0.124 e. The van der Waals surface area contributed by atoms with Gasteiger partial charge in [-0.3, -0.25) is 0 Å². The standard InChI is InChI=1S/C16H26ClNO2/c1-12(2)11-19-7-8-20-16-6-5-15(17)9-14(16)10-18-13(3)4/h5-6,9,12-13,18H,7-8,10-11H2,1-4H3. The SMILES string of the molecule is CC(C)COCCOc1ccc(Cl)cc1CNC(C)C. The molecule has 0 radical (unpaired) electrons. The average Bonchev–Trinajstić information content (AvgIpc) is 2.37. The van der Waals surface area contributed by atoms with Gasteiger partial charge in [0.25, 0.3) is 0 Å². The largest absolute Gasteiger partial charge is 0.491 e. The number of benzene rings is 1. The quantitative estimate of drug-likeness (QED) is 0.702. The van der Waals surface area contributed by atoms with Crippen molar-refractivity contribution in [1.82, 2.24) is 5.32 Å².